The van der Waals surface area contributed by atoms with E-state index in [9.17, 15) is 0 Å². The number of aromatic nitrogens is 4. The number of rotatable bonds is 6. The van der Waals surface area contributed by atoms with Gasteiger partial charge in [-0.3, -0.25) is 4.98 Å². The molecule has 178 valence electrons. The summed E-state index contributed by atoms with van der Waals surface area (Å²) in [6.07, 6.45) is 3.99. The summed E-state index contributed by atoms with van der Waals surface area (Å²) in [5.41, 5.74) is 3.78. The quantitative estimate of drug-likeness (QED) is 0.582. The number of likely N-dealkylation sites (tertiary alicyclic amines) is 1. The second-order valence-corrected chi connectivity index (χ2v) is 8.92. The first-order valence-corrected chi connectivity index (χ1v) is 11.8. The highest BCUT2D eigenvalue weighted by molar-refractivity contribution is 5.81. The molecular formula is C24H28N6O4. The van der Waals surface area contributed by atoms with Gasteiger partial charge in [-0.25, -0.2) is 4.98 Å². The molecule has 0 aromatic carbocycles. The molecule has 1 atom stereocenters. The molecule has 10 nitrogen and oxygen atoms in total. The first-order valence-electron chi connectivity index (χ1n) is 11.8. The van der Waals surface area contributed by atoms with Gasteiger partial charge in [0.15, 0.2) is 5.75 Å². The minimum absolute atomic E-state index is 0.276. The predicted molar refractivity (Wildman–Crippen MR) is 124 cm³/mol. The maximum atomic E-state index is 5.97. The van der Waals surface area contributed by atoms with Gasteiger partial charge in [-0.1, -0.05) is 0 Å². The van der Waals surface area contributed by atoms with E-state index in [4.69, 9.17) is 18.9 Å². The van der Waals surface area contributed by atoms with Crippen LogP contribution in [0.1, 0.15) is 30.0 Å². The van der Waals surface area contributed by atoms with Crippen LogP contribution in [-0.4, -0.2) is 77.7 Å². The van der Waals surface area contributed by atoms with E-state index in [1.165, 1.54) is 0 Å². The zero-order chi connectivity index (χ0) is 22.9. The zero-order valence-corrected chi connectivity index (χ0v) is 19.2. The molecular weight excluding hydrogens is 436 g/mol. The molecule has 3 aromatic rings. The number of nitrogens with zero attached hydrogens (tertiary/aromatic N) is 5. The number of hydrogen-bond donors (Lipinski definition) is 1. The Bertz CT molecular complexity index is 1180. The van der Waals surface area contributed by atoms with Crippen molar-refractivity contribution in [1.29, 1.82) is 0 Å². The molecule has 3 aliphatic rings. The molecule has 3 aromatic heterocycles. The molecule has 34 heavy (non-hydrogen) atoms. The van der Waals surface area contributed by atoms with Crippen molar-refractivity contribution in [2.75, 3.05) is 46.6 Å². The fourth-order valence-corrected chi connectivity index (χ4v) is 4.95. The van der Waals surface area contributed by atoms with E-state index < -0.39 is 0 Å². The van der Waals surface area contributed by atoms with E-state index in [0.717, 1.165) is 60.5 Å². The number of pyridine rings is 2. The van der Waals surface area contributed by atoms with Gasteiger partial charge < -0.3 is 29.2 Å². The van der Waals surface area contributed by atoms with E-state index in [2.05, 4.69) is 30.4 Å². The fourth-order valence-electron chi connectivity index (χ4n) is 4.95. The highest BCUT2D eigenvalue weighted by atomic mass is 16.6. The molecule has 0 amide bonds. The van der Waals surface area contributed by atoms with Gasteiger partial charge in [0.05, 0.1) is 31.1 Å². The van der Waals surface area contributed by atoms with Crippen molar-refractivity contribution in [3.8, 4) is 23.3 Å². The lowest BCUT2D eigenvalue weighted by Gasteiger charge is -2.33. The van der Waals surface area contributed by atoms with Crippen LogP contribution in [0.15, 0.2) is 24.4 Å². The van der Waals surface area contributed by atoms with Crippen LogP contribution in [0.5, 0.6) is 23.3 Å². The van der Waals surface area contributed by atoms with Crippen molar-refractivity contribution >= 4 is 11.0 Å². The Kier molecular flexibility index (Phi) is 5.76. The van der Waals surface area contributed by atoms with Crippen molar-refractivity contribution in [3.63, 3.8) is 0 Å². The van der Waals surface area contributed by atoms with E-state index in [-0.39, 0.29) is 5.92 Å². The second-order valence-electron chi connectivity index (χ2n) is 8.92. The predicted octanol–water partition coefficient (Wildman–Crippen LogP) is 1.93. The maximum absolute atomic E-state index is 5.97. The Morgan fingerprint density at radius 1 is 1.09 bits per heavy atom. The summed E-state index contributed by atoms with van der Waals surface area (Å²) < 4.78 is 22.4. The second kappa shape index (κ2) is 9.19. The minimum atomic E-state index is 0.276. The van der Waals surface area contributed by atoms with Crippen LogP contribution in [0.3, 0.4) is 0 Å². The first kappa shape index (κ1) is 21.3. The lowest BCUT2D eigenvalue weighted by molar-refractivity contribution is 0.161. The topological polar surface area (TPSA) is 104 Å². The Labute approximate surface area is 197 Å². The SMILES string of the molecule is COc1ccc2ncc3c(c2n1)C(CN1CCC(NCc2cc4c(nn2)OCCO4)CC1)CO3. The maximum Gasteiger partial charge on any atom is 0.276 e. The van der Waals surface area contributed by atoms with Crippen LogP contribution in [0.2, 0.25) is 0 Å². The summed E-state index contributed by atoms with van der Waals surface area (Å²) in [6.45, 7) is 5.43. The van der Waals surface area contributed by atoms with Gasteiger partial charge in [0, 0.05) is 42.7 Å². The van der Waals surface area contributed by atoms with E-state index in [0.29, 0.717) is 49.9 Å². The van der Waals surface area contributed by atoms with Crippen LogP contribution in [-0.2, 0) is 6.54 Å². The molecule has 1 unspecified atom stereocenters. The van der Waals surface area contributed by atoms with Crippen LogP contribution >= 0.6 is 0 Å². The first-order chi connectivity index (χ1) is 16.8. The molecule has 1 N–H and O–H groups in total. The number of methoxy groups -OCH3 is 1. The van der Waals surface area contributed by atoms with Gasteiger partial charge in [-0.15, -0.1) is 5.10 Å². The van der Waals surface area contributed by atoms with E-state index >= 15 is 0 Å². The number of hydrogen-bond acceptors (Lipinski definition) is 10. The van der Waals surface area contributed by atoms with Gasteiger partial charge in [0.25, 0.3) is 5.88 Å². The Morgan fingerprint density at radius 3 is 2.85 bits per heavy atom. The van der Waals surface area contributed by atoms with Gasteiger partial charge in [0.1, 0.15) is 24.5 Å². The fraction of sp³-hybridized carbons (Fsp3) is 0.500. The van der Waals surface area contributed by atoms with Crippen molar-refractivity contribution in [2.45, 2.75) is 31.3 Å². The lowest BCUT2D eigenvalue weighted by Crippen LogP contribution is -2.43. The number of ether oxygens (including phenoxy) is 4. The van der Waals surface area contributed by atoms with Crippen LogP contribution < -0.4 is 24.3 Å². The highest BCUT2D eigenvalue weighted by Gasteiger charge is 2.31. The summed E-state index contributed by atoms with van der Waals surface area (Å²) in [5, 5.41) is 12.0. The van der Waals surface area contributed by atoms with E-state index in [1.54, 1.807) is 7.11 Å². The molecule has 0 radical (unpaired) electrons. The number of piperidine rings is 1. The molecule has 0 bridgehead atoms. The molecule has 1 saturated heterocycles. The molecule has 10 heteroatoms. The summed E-state index contributed by atoms with van der Waals surface area (Å²) >= 11 is 0. The monoisotopic (exact) mass is 464 g/mol. The third-order valence-electron chi connectivity index (χ3n) is 6.74. The smallest absolute Gasteiger partial charge is 0.276 e. The standard InChI is InChI=1S/C24H28N6O4/c1-31-21-3-2-18-23(27-21)22-15(14-34-20(22)12-26-18)13-30-6-4-16(5-7-30)25-11-17-10-19-24(29-28-17)33-9-8-32-19/h2-3,10,12,15-16,25H,4-9,11,13-14H2,1H3. The van der Waals surface area contributed by atoms with Crippen molar-refractivity contribution in [1.82, 2.24) is 30.4 Å². The third kappa shape index (κ3) is 4.19. The molecule has 0 spiro atoms. The zero-order valence-electron chi connectivity index (χ0n) is 19.2. The average molecular weight is 465 g/mol. The minimum Gasteiger partial charge on any atom is -0.491 e. The summed E-state index contributed by atoms with van der Waals surface area (Å²) in [6, 6.07) is 6.18. The Hall–Kier alpha value is -3.24. The number of fused-ring (bicyclic) bond motifs is 4. The molecule has 6 rings (SSSR count). The largest absolute Gasteiger partial charge is 0.491 e. The van der Waals surface area contributed by atoms with E-state index in [1.807, 2.05) is 24.4 Å². The van der Waals surface area contributed by atoms with Gasteiger partial charge in [0.2, 0.25) is 5.88 Å². The molecule has 6 heterocycles. The third-order valence-corrected chi connectivity index (χ3v) is 6.74. The Morgan fingerprint density at radius 2 is 1.97 bits per heavy atom. The van der Waals surface area contributed by atoms with Crippen molar-refractivity contribution < 1.29 is 18.9 Å². The summed E-state index contributed by atoms with van der Waals surface area (Å²) in [4.78, 5) is 11.7. The summed E-state index contributed by atoms with van der Waals surface area (Å²) in [5.74, 6) is 2.88. The normalized spacial score (nSPS) is 20.2. The molecule has 1 fully saturated rings. The van der Waals surface area contributed by atoms with Gasteiger partial charge >= 0.3 is 0 Å². The van der Waals surface area contributed by atoms with Crippen LogP contribution in [0.4, 0.5) is 0 Å². The van der Waals surface area contributed by atoms with Crippen LogP contribution in [0.25, 0.3) is 11.0 Å². The van der Waals surface area contributed by atoms with Crippen molar-refractivity contribution in [2.24, 2.45) is 0 Å². The Balaban J connectivity index is 1.05. The van der Waals surface area contributed by atoms with Gasteiger partial charge in [-0.05, 0) is 32.0 Å². The average Bonchev–Trinajstić information content (AvgIpc) is 3.31. The summed E-state index contributed by atoms with van der Waals surface area (Å²) in [7, 11) is 1.64. The highest BCUT2D eigenvalue weighted by Crippen LogP contribution is 2.39. The molecule has 3 aliphatic heterocycles. The lowest BCUT2D eigenvalue weighted by atomic mass is 9.97. The molecule has 0 saturated carbocycles. The van der Waals surface area contributed by atoms with Crippen LogP contribution in [0, 0.1) is 0 Å². The van der Waals surface area contributed by atoms with Gasteiger partial charge in [-0.2, -0.15) is 5.10 Å². The van der Waals surface area contributed by atoms with Crippen molar-refractivity contribution in [3.05, 3.63) is 35.7 Å². The molecule has 0 aliphatic carbocycles. The number of nitrogens with one attached hydrogen (secondary N) is 1.